The molecule has 1 aliphatic heterocycles. The summed E-state index contributed by atoms with van der Waals surface area (Å²) >= 11 is 0. The molecule has 1 aromatic carbocycles. The van der Waals surface area contributed by atoms with Crippen molar-refractivity contribution in [1.29, 1.82) is 0 Å². The molecule has 0 aromatic heterocycles. The maximum Gasteiger partial charge on any atom is 0.326 e. The number of ketones is 1. The van der Waals surface area contributed by atoms with E-state index in [1.54, 1.807) is 13.8 Å². The smallest absolute Gasteiger partial charge is 0.326 e. The van der Waals surface area contributed by atoms with Crippen molar-refractivity contribution < 1.29 is 19.5 Å². The third-order valence-corrected chi connectivity index (χ3v) is 5.51. The summed E-state index contributed by atoms with van der Waals surface area (Å²) in [5.74, 6) is -2.40. The predicted octanol–water partition coefficient (Wildman–Crippen LogP) is 3.79. The van der Waals surface area contributed by atoms with Crippen molar-refractivity contribution in [3.63, 3.8) is 0 Å². The summed E-state index contributed by atoms with van der Waals surface area (Å²) in [5, 5.41) is 9.76. The van der Waals surface area contributed by atoms with Crippen LogP contribution in [0.5, 0.6) is 0 Å². The average Bonchev–Trinajstić information content (AvgIpc) is 2.67. The van der Waals surface area contributed by atoms with Crippen LogP contribution in [0, 0.1) is 11.3 Å². The highest BCUT2D eigenvalue weighted by Gasteiger charge is 2.43. The number of rotatable bonds is 7. The quantitative estimate of drug-likeness (QED) is 0.740. The van der Waals surface area contributed by atoms with Crippen molar-refractivity contribution in [1.82, 2.24) is 4.90 Å². The first-order valence-corrected chi connectivity index (χ1v) is 9.57. The summed E-state index contributed by atoms with van der Waals surface area (Å²) in [5.41, 5.74) is 0.272. The number of likely N-dealkylation sites (tertiary alicyclic amines) is 1. The van der Waals surface area contributed by atoms with Crippen LogP contribution >= 0.6 is 0 Å². The summed E-state index contributed by atoms with van der Waals surface area (Å²) < 4.78 is 0. The molecule has 2 unspecified atom stereocenters. The molecule has 0 bridgehead atoms. The van der Waals surface area contributed by atoms with Crippen molar-refractivity contribution in [3.05, 3.63) is 42.0 Å². The van der Waals surface area contributed by atoms with E-state index in [1.165, 1.54) is 4.90 Å². The lowest BCUT2D eigenvalue weighted by atomic mass is 9.82. The second-order valence-electron chi connectivity index (χ2n) is 7.80. The molecular weight excluding hydrogens is 342 g/mol. The van der Waals surface area contributed by atoms with E-state index in [0.717, 1.165) is 12.0 Å². The number of carboxylic acids is 1. The number of hydrogen-bond donors (Lipinski definition) is 1. The Kier molecular flexibility index (Phi) is 6.94. The molecule has 1 fully saturated rings. The van der Waals surface area contributed by atoms with Gasteiger partial charge in [0.1, 0.15) is 6.04 Å². The number of piperidine rings is 1. The number of allylic oxidation sites excluding steroid dienone is 1. The second-order valence-corrected chi connectivity index (χ2v) is 7.80. The van der Waals surface area contributed by atoms with Crippen molar-refractivity contribution in [2.75, 3.05) is 6.54 Å². The van der Waals surface area contributed by atoms with Crippen LogP contribution in [-0.2, 0) is 14.4 Å². The van der Waals surface area contributed by atoms with E-state index in [0.29, 0.717) is 25.8 Å². The van der Waals surface area contributed by atoms with E-state index in [9.17, 15) is 19.5 Å². The second kappa shape index (κ2) is 8.98. The number of Topliss-reactive ketones (excluding diaryl/α,β-unsaturated/α-hetero) is 1. The zero-order valence-electron chi connectivity index (χ0n) is 16.4. The molecule has 1 amide bonds. The Balaban J connectivity index is 2.15. The molecule has 5 nitrogen and oxygen atoms in total. The molecule has 1 saturated heterocycles. The molecule has 0 saturated carbocycles. The molecule has 0 aliphatic carbocycles. The number of aliphatic carboxylic acids is 1. The van der Waals surface area contributed by atoms with Crippen LogP contribution in [0.2, 0.25) is 0 Å². The number of nitrogens with zero attached hydrogens (tertiary/aromatic N) is 1. The van der Waals surface area contributed by atoms with Crippen molar-refractivity contribution >= 4 is 23.7 Å². The van der Waals surface area contributed by atoms with E-state index in [1.807, 2.05) is 49.4 Å². The topological polar surface area (TPSA) is 74.7 Å². The van der Waals surface area contributed by atoms with Crippen LogP contribution in [0.3, 0.4) is 0 Å². The summed E-state index contributed by atoms with van der Waals surface area (Å²) in [4.78, 5) is 38.5. The van der Waals surface area contributed by atoms with E-state index in [2.05, 4.69) is 0 Å². The first-order chi connectivity index (χ1) is 12.8. The molecule has 0 spiro atoms. The van der Waals surface area contributed by atoms with Crippen LogP contribution in [-0.4, -0.2) is 40.3 Å². The van der Waals surface area contributed by atoms with Crippen LogP contribution in [0.4, 0.5) is 0 Å². The first-order valence-electron chi connectivity index (χ1n) is 9.57. The van der Waals surface area contributed by atoms with Gasteiger partial charge >= 0.3 is 5.97 Å². The van der Waals surface area contributed by atoms with E-state index in [-0.39, 0.29) is 5.92 Å². The number of amides is 1. The third-order valence-electron chi connectivity index (χ3n) is 5.51. The van der Waals surface area contributed by atoms with E-state index in [4.69, 9.17) is 0 Å². The van der Waals surface area contributed by atoms with Crippen LogP contribution in [0.1, 0.15) is 52.0 Å². The highest BCUT2D eigenvalue weighted by Crippen LogP contribution is 2.30. The number of carbonyl (C=O) groups excluding carboxylic acids is 2. The molecule has 1 heterocycles. The van der Waals surface area contributed by atoms with Gasteiger partial charge < -0.3 is 10.0 Å². The summed E-state index contributed by atoms with van der Waals surface area (Å²) in [7, 11) is 0. The fourth-order valence-electron chi connectivity index (χ4n) is 3.41. The van der Waals surface area contributed by atoms with Gasteiger partial charge in [0.2, 0.25) is 5.78 Å². The minimum absolute atomic E-state index is 0.197. The lowest BCUT2D eigenvalue weighted by Gasteiger charge is -2.39. The highest BCUT2D eigenvalue weighted by atomic mass is 16.4. The van der Waals surface area contributed by atoms with Crippen LogP contribution in [0.25, 0.3) is 6.08 Å². The molecule has 146 valence electrons. The Labute approximate surface area is 161 Å². The molecule has 2 rings (SSSR count). The lowest BCUT2D eigenvalue weighted by Crippen LogP contribution is -2.56. The molecule has 0 radical (unpaired) electrons. The molecule has 2 atom stereocenters. The van der Waals surface area contributed by atoms with Crippen molar-refractivity contribution in [2.24, 2.45) is 11.3 Å². The molecule has 1 N–H and O–H groups in total. The number of carboxylic acid groups (broad SMARTS) is 1. The molecule has 1 aromatic rings. The first kappa shape index (κ1) is 20.9. The standard InChI is InChI=1S/C22H29NO4/c1-4-22(2,3)19(24)20(25)23-15-9-14-17(18(23)21(26)27)13-8-12-16-10-6-5-7-11-16/h5-8,10-12,17-18H,4,9,13-15H2,1-3H3,(H,26,27)/b12-8+. The van der Waals surface area contributed by atoms with Gasteiger partial charge in [0.15, 0.2) is 0 Å². The van der Waals surface area contributed by atoms with Crippen molar-refractivity contribution in [3.8, 4) is 0 Å². The number of hydrogen-bond acceptors (Lipinski definition) is 3. The Morgan fingerprint density at radius 1 is 1.22 bits per heavy atom. The maximum atomic E-state index is 12.8. The molecular formula is C22H29NO4. The fourth-order valence-corrected chi connectivity index (χ4v) is 3.41. The number of benzene rings is 1. The minimum atomic E-state index is -1.04. The van der Waals surface area contributed by atoms with Gasteiger partial charge in [0.05, 0.1) is 0 Å². The zero-order valence-corrected chi connectivity index (χ0v) is 16.4. The van der Waals surface area contributed by atoms with Crippen molar-refractivity contribution in [2.45, 2.75) is 52.5 Å². The van der Waals surface area contributed by atoms with Gasteiger partial charge in [-0.3, -0.25) is 9.59 Å². The Morgan fingerprint density at radius 3 is 2.48 bits per heavy atom. The van der Waals surface area contributed by atoms with Gasteiger partial charge in [0, 0.05) is 12.0 Å². The summed E-state index contributed by atoms with van der Waals surface area (Å²) in [6.07, 6.45) is 6.45. The van der Waals surface area contributed by atoms with Gasteiger partial charge in [-0.05, 0) is 37.2 Å². The Morgan fingerprint density at radius 2 is 1.89 bits per heavy atom. The van der Waals surface area contributed by atoms with Gasteiger partial charge in [-0.2, -0.15) is 0 Å². The zero-order chi connectivity index (χ0) is 20.0. The SMILES string of the molecule is CCC(C)(C)C(=O)C(=O)N1CCCC(C/C=C/c2ccccc2)C1C(=O)O. The van der Waals surface area contributed by atoms with Crippen LogP contribution in [0.15, 0.2) is 36.4 Å². The minimum Gasteiger partial charge on any atom is -0.480 e. The van der Waals surface area contributed by atoms with Crippen LogP contribution < -0.4 is 0 Å². The lowest BCUT2D eigenvalue weighted by molar-refractivity contribution is -0.160. The highest BCUT2D eigenvalue weighted by molar-refractivity contribution is 6.38. The largest absolute Gasteiger partial charge is 0.480 e. The van der Waals surface area contributed by atoms with E-state index < -0.39 is 29.1 Å². The molecule has 27 heavy (non-hydrogen) atoms. The monoisotopic (exact) mass is 371 g/mol. The Hall–Kier alpha value is -2.43. The maximum absolute atomic E-state index is 12.8. The van der Waals surface area contributed by atoms with Gasteiger partial charge in [-0.25, -0.2) is 4.79 Å². The van der Waals surface area contributed by atoms with Gasteiger partial charge in [0.25, 0.3) is 5.91 Å². The summed E-state index contributed by atoms with van der Waals surface area (Å²) in [6.45, 7) is 5.63. The Bertz CT molecular complexity index is 708. The normalized spacial score (nSPS) is 20.6. The average molecular weight is 371 g/mol. The van der Waals surface area contributed by atoms with Gasteiger partial charge in [-0.15, -0.1) is 0 Å². The third kappa shape index (κ3) is 5.06. The van der Waals surface area contributed by atoms with Gasteiger partial charge in [-0.1, -0.05) is 63.3 Å². The molecule has 5 heteroatoms. The summed E-state index contributed by atoms with van der Waals surface area (Å²) in [6, 6.07) is 8.84. The molecule has 1 aliphatic rings. The van der Waals surface area contributed by atoms with E-state index >= 15 is 0 Å². The predicted molar refractivity (Wildman–Crippen MR) is 105 cm³/mol. The number of carbonyl (C=O) groups is 3. The fraction of sp³-hybridized carbons (Fsp3) is 0.500.